The Morgan fingerprint density at radius 3 is 2.02 bits per heavy atom. The van der Waals surface area contributed by atoms with Crippen LogP contribution >= 0.6 is 0 Å². The lowest BCUT2D eigenvalue weighted by Crippen LogP contribution is -2.68. The Hall–Kier alpha value is -2.72. The first-order valence-electron chi connectivity index (χ1n) is 15.3. The molecule has 0 spiro atoms. The minimum atomic E-state index is -2.98. The SMILES string of the molecule is CC(=O)N[C@H]1[C@@H](O[C@@H]([C@@H](O)[C@H](O)CO[C@]2(C(=O)O)C[C@H](O)[C@@H](NC(=O)CO)[C@H]([C@H](O)[C@H](O)CO)O2)[C@H](CO)NC(C)=O)O[C@H](CO)[C@H](O)[C@@H]1O. The highest BCUT2D eigenvalue weighted by molar-refractivity contribution is 5.78. The number of amides is 3. The molecule has 2 saturated heterocycles. The number of hydrogen-bond donors (Lipinski definition) is 15. The number of carbonyl (C=O) groups is 4. The van der Waals surface area contributed by atoms with E-state index in [1.54, 1.807) is 0 Å². The fourth-order valence-electron chi connectivity index (χ4n) is 5.46. The minimum Gasteiger partial charge on any atom is -0.477 e. The molecule has 0 saturated carbocycles. The summed E-state index contributed by atoms with van der Waals surface area (Å²) >= 11 is 0. The van der Waals surface area contributed by atoms with Gasteiger partial charge in [-0.1, -0.05) is 0 Å². The molecule has 2 aliphatic heterocycles. The fourth-order valence-corrected chi connectivity index (χ4v) is 5.46. The molecule has 0 aromatic heterocycles. The summed E-state index contributed by atoms with van der Waals surface area (Å²) in [6, 6.07) is -4.86. The van der Waals surface area contributed by atoms with Gasteiger partial charge in [-0.25, -0.2) is 4.79 Å². The van der Waals surface area contributed by atoms with E-state index in [-0.39, 0.29) is 0 Å². The Kier molecular flexibility index (Phi) is 16.7. The first-order valence-corrected chi connectivity index (χ1v) is 15.3. The molecule has 0 radical (unpaired) electrons. The number of aliphatic hydroxyl groups excluding tert-OH is 11. The molecule has 50 heavy (non-hydrogen) atoms. The molecule has 0 unspecified atom stereocenters. The normalized spacial score (nSPS) is 33.6. The molecule has 0 aliphatic carbocycles. The summed E-state index contributed by atoms with van der Waals surface area (Å²) in [6.45, 7) is -3.21. The Morgan fingerprint density at radius 2 is 1.52 bits per heavy atom. The third-order valence-electron chi connectivity index (χ3n) is 8.03. The van der Waals surface area contributed by atoms with E-state index in [1.807, 2.05) is 0 Å². The number of carbonyl (C=O) groups excluding carboxylic acids is 3. The highest BCUT2D eigenvalue weighted by Crippen LogP contribution is 2.34. The van der Waals surface area contributed by atoms with Crippen LogP contribution in [0.5, 0.6) is 0 Å². The van der Waals surface area contributed by atoms with Crippen molar-refractivity contribution in [2.45, 2.75) is 112 Å². The molecular weight excluding hydrogens is 686 g/mol. The number of rotatable bonds is 18. The third kappa shape index (κ3) is 10.7. The third-order valence-corrected chi connectivity index (χ3v) is 8.03. The number of ether oxygens (including phenoxy) is 4. The van der Waals surface area contributed by atoms with Gasteiger partial charge in [0.1, 0.15) is 67.6 Å². The van der Waals surface area contributed by atoms with Gasteiger partial charge in [0.25, 0.3) is 5.79 Å². The van der Waals surface area contributed by atoms with Gasteiger partial charge in [0.05, 0.1) is 44.6 Å². The maximum atomic E-state index is 12.5. The standard InChI is InChI=1S/C27H47N3O20/c1-9(35)28-11(4-31)23(49-25-18(29-10(2)36)22(44)21(43)15(6-33)48-25)20(42)14(39)8-47-27(26(45)46)3-12(37)17(30-16(40)7-34)24(50-27)19(41)13(38)5-32/h11-15,17-25,31-34,37-39,41-44H,3-8H2,1-2H3,(H,28,35)(H,29,36)(H,30,40)(H,45,46)/t11-,12-,13+,14+,15+,17+,18+,19+,20-,21-,22+,23+,24+,25+,27+/m0/s1. The van der Waals surface area contributed by atoms with Crippen LogP contribution in [-0.2, 0) is 38.1 Å². The fraction of sp³-hybridized carbons (Fsp3) is 0.852. The van der Waals surface area contributed by atoms with E-state index in [4.69, 9.17) is 24.1 Å². The van der Waals surface area contributed by atoms with Crippen LogP contribution in [0.15, 0.2) is 0 Å². The molecule has 0 bridgehead atoms. The number of nitrogens with one attached hydrogen (secondary N) is 3. The summed E-state index contributed by atoms with van der Waals surface area (Å²) in [6.07, 6.45) is -22.6. The molecular formula is C27H47N3O20. The topological polar surface area (TPSA) is 384 Å². The van der Waals surface area contributed by atoms with E-state index < -0.39 is 154 Å². The van der Waals surface area contributed by atoms with Crippen molar-refractivity contribution in [3.8, 4) is 0 Å². The molecule has 2 aliphatic rings. The molecule has 15 atom stereocenters. The van der Waals surface area contributed by atoms with Gasteiger partial charge < -0.3 is 96.2 Å². The summed E-state index contributed by atoms with van der Waals surface area (Å²) in [7, 11) is 0. The summed E-state index contributed by atoms with van der Waals surface area (Å²) in [5.41, 5.74) is 0. The average molecular weight is 734 g/mol. The number of carboxylic acids is 1. The maximum Gasteiger partial charge on any atom is 0.364 e. The predicted molar refractivity (Wildman–Crippen MR) is 157 cm³/mol. The second-order valence-electron chi connectivity index (χ2n) is 11.8. The van der Waals surface area contributed by atoms with E-state index >= 15 is 0 Å². The van der Waals surface area contributed by atoms with Crippen LogP contribution < -0.4 is 16.0 Å². The Morgan fingerprint density at radius 1 is 0.880 bits per heavy atom. The minimum absolute atomic E-state index is 0.756. The van der Waals surface area contributed by atoms with E-state index in [0.717, 1.165) is 13.8 Å². The molecule has 2 heterocycles. The summed E-state index contributed by atoms with van der Waals surface area (Å²) in [5.74, 6) is -7.60. The van der Waals surface area contributed by atoms with Crippen molar-refractivity contribution >= 4 is 23.7 Å². The van der Waals surface area contributed by atoms with Crippen LogP contribution in [0.4, 0.5) is 0 Å². The molecule has 0 aromatic rings. The first-order chi connectivity index (χ1) is 23.4. The molecule has 15 N–H and O–H groups in total. The van der Waals surface area contributed by atoms with Gasteiger partial charge in [0.15, 0.2) is 6.29 Å². The van der Waals surface area contributed by atoms with E-state index in [9.17, 15) is 75.3 Å². The second-order valence-corrected chi connectivity index (χ2v) is 11.8. The molecule has 0 aromatic carbocycles. The van der Waals surface area contributed by atoms with Gasteiger partial charge in [-0.15, -0.1) is 0 Å². The predicted octanol–water partition coefficient (Wildman–Crippen LogP) is -9.33. The van der Waals surface area contributed by atoms with Gasteiger partial charge >= 0.3 is 5.97 Å². The van der Waals surface area contributed by atoms with Crippen LogP contribution in [0, 0.1) is 0 Å². The largest absolute Gasteiger partial charge is 0.477 e. The molecule has 2 fully saturated rings. The average Bonchev–Trinajstić information content (AvgIpc) is 3.07. The van der Waals surface area contributed by atoms with E-state index in [1.165, 1.54) is 0 Å². The van der Waals surface area contributed by atoms with Crippen LogP contribution in [-0.4, -0.2) is 209 Å². The maximum absolute atomic E-state index is 12.5. The van der Waals surface area contributed by atoms with Crippen molar-refractivity contribution in [1.82, 2.24) is 16.0 Å². The van der Waals surface area contributed by atoms with Crippen molar-refractivity contribution in [3.63, 3.8) is 0 Å². The number of aliphatic hydroxyl groups is 11. The number of aliphatic carboxylic acids is 1. The van der Waals surface area contributed by atoms with E-state index in [0.29, 0.717) is 0 Å². The molecule has 290 valence electrons. The summed E-state index contributed by atoms with van der Waals surface area (Å²) in [4.78, 5) is 48.1. The lowest BCUT2D eigenvalue weighted by molar-refractivity contribution is -0.320. The zero-order valence-electron chi connectivity index (χ0n) is 27.0. The highest BCUT2D eigenvalue weighted by atomic mass is 16.7. The quantitative estimate of drug-likeness (QED) is 0.0621. The summed E-state index contributed by atoms with van der Waals surface area (Å²) < 4.78 is 21.9. The molecule has 3 amide bonds. The lowest BCUT2D eigenvalue weighted by Gasteiger charge is -2.47. The first kappa shape index (κ1) is 43.4. The highest BCUT2D eigenvalue weighted by Gasteiger charge is 2.56. The lowest BCUT2D eigenvalue weighted by atomic mass is 9.88. The Labute approximate surface area is 283 Å². The second kappa shape index (κ2) is 19.2. The molecule has 23 heteroatoms. The van der Waals surface area contributed by atoms with Crippen molar-refractivity contribution in [2.75, 3.05) is 33.0 Å². The zero-order valence-corrected chi connectivity index (χ0v) is 27.0. The van der Waals surface area contributed by atoms with Crippen LogP contribution in [0.1, 0.15) is 20.3 Å². The number of hydrogen-bond acceptors (Lipinski definition) is 19. The van der Waals surface area contributed by atoms with Crippen LogP contribution in [0.3, 0.4) is 0 Å². The van der Waals surface area contributed by atoms with Gasteiger partial charge in [0.2, 0.25) is 17.7 Å². The van der Waals surface area contributed by atoms with Gasteiger partial charge in [-0.3, -0.25) is 14.4 Å². The molecule has 2 rings (SSSR count). The van der Waals surface area contributed by atoms with Crippen molar-refractivity contribution < 1.29 is 99.4 Å². The van der Waals surface area contributed by atoms with Crippen molar-refractivity contribution in [2.24, 2.45) is 0 Å². The molecule has 23 nitrogen and oxygen atoms in total. The van der Waals surface area contributed by atoms with Crippen molar-refractivity contribution in [1.29, 1.82) is 0 Å². The summed E-state index contributed by atoms with van der Waals surface area (Å²) in [5, 5.41) is 129. The van der Waals surface area contributed by atoms with Gasteiger partial charge in [-0.05, 0) is 0 Å². The van der Waals surface area contributed by atoms with Crippen LogP contribution in [0.25, 0.3) is 0 Å². The van der Waals surface area contributed by atoms with Crippen molar-refractivity contribution in [3.05, 3.63) is 0 Å². The van der Waals surface area contributed by atoms with Gasteiger partial charge in [-0.2, -0.15) is 0 Å². The van der Waals surface area contributed by atoms with Gasteiger partial charge in [0, 0.05) is 20.3 Å². The smallest absolute Gasteiger partial charge is 0.364 e. The Bertz CT molecular complexity index is 1140. The number of carboxylic acid groups (broad SMARTS) is 1. The van der Waals surface area contributed by atoms with E-state index in [2.05, 4.69) is 16.0 Å². The zero-order chi connectivity index (χ0) is 38.1. The van der Waals surface area contributed by atoms with Crippen LogP contribution in [0.2, 0.25) is 0 Å². The monoisotopic (exact) mass is 733 g/mol. The Balaban J connectivity index is 2.43.